The van der Waals surface area contributed by atoms with Gasteiger partial charge >= 0.3 is 0 Å². The summed E-state index contributed by atoms with van der Waals surface area (Å²) in [6, 6.07) is 20.2. The maximum absolute atomic E-state index is 12.2. The molecule has 4 rings (SSSR count). The predicted octanol–water partition coefficient (Wildman–Crippen LogP) is 4.26. The molecule has 1 amide bonds. The van der Waals surface area contributed by atoms with Crippen LogP contribution in [0.5, 0.6) is 5.75 Å². The number of rotatable bonds is 6. The van der Waals surface area contributed by atoms with Gasteiger partial charge in [0.15, 0.2) is 6.73 Å². The minimum absolute atomic E-state index is 0.104. The smallest absolute Gasteiger partial charge is 0.271 e. The van der Waals surface area contributed by atoms with Gasteiger partial charge in [0.25, 0.3) is 5.91 Å². The van der Waals surface area contributed by atoms with Gasteiger partial charge in [0.1, 0.15) is 11.4 Å². The van der Waals surface area contributed by atoms with Gasteiger partial charge in [0, 0.05) is 12.2 Å². The molecule has 0 spiro atoms. The molecule has 0 atom stereocenters. The maximum atomic E-state index is 12.2. The van der Waals surface area contributed by atoms with Crippen molar-refractivity contribution in [2.45, 2.75) is 38.5 Å². The number of benzene rings is 2. The molecule has 1 N–H and O–H groups in total. The third-order valence-corrected chi connectivity index (χ3v) is 4.89. The fourth-order valence-electron chi connectivity index (χ4n) is 3.40. The van der Waals surface area contributed by atoms with Crippen LogP contribution in [0, 0.1) is 0 Å². The zero-order chi connectivity index (χ0) is 18.5. The summed E-state index contributed by atoms with van der Waals surface area (Å²) in [6.45, 7) is 0.265. The maximum Gasteiger partial charge on any atom is 0.271 e. The van der Waals surface area contributed by atoms with E-state index in [4.69, 9.17) is 4.74 Å². The van der Waals surface area contributed by atoms with Crippen molar-refractivity contribution in [2.75, 3.05) is 0 Å². The highest BCUT2D eigenvalue weighted by Gasteiger charge is 2.19. The van der Waals surface area contributed by atoms with Crippen LogP contribution < -0.4 is 10.1 Å². The van der Waals surface area contributed by atoms with E-state index in [2.05, 4.69) is 22.5 Å². The third kappa shape index (κ3) is 4.37. The van der Waals surface area contributed by atoms with E-state index in [1.54, 1.807) is 16.9 Å². The minimum Gasteiger partial charge on any atom is -0.471 e. The number of hydrogen-bond acceptors (Lipinski definition) is 3. The topological polar surface area (TPSA) is 56.2 Å². The minimum atomic E-state index is -0.104. The summed E-state index contributed by atoms with van der Waals surface area (Å²) in [5.74, 6) is 0.662. The van der Waals surface area contributed by atoms with Crippen molar-refractivity contribution in [1.82, 2.24) is 15.1 Å². The van der Waals surface area contributed by atoms with E-state index in [0.717, 1.165) is 24.2 Å². The van der Waals surface area contributed by atoms with Crippen LogP contribution >= 0.6 is 0 Å². The SMILES string of the molecule is O=C(NC1CCCC1)c1ccn(COc2ccc(-c3ccccc3)cc2)n1. The zero-order valence-electron chi connectivity index (χ0n) is 15.2. The Kier molecular flexibility index (Phi) is 5.19. The lowest BCUT2D eigenvalue weighted by Gasteiger charge is -2.10. The van der Waals surface area contributed by atoms with Crippen LogP contribution in [0.3, 0.4) is 0 Å². The summed E-state index contributed by atoms with van der Waals surface area (Å²) in [5.41, 5.74) is 2.76. The Morgan fingerprint density at radius 1 is 1.00 bits per heavy atom. The normalized spacial score (nSPS) is 14.2. The van der Waals surface area contributed by atoms with Crippen LogP contribution in [-0.4, -0.2) is 21.7 Å². The predicted molar refractivity (Wildman–Crippen MR) is 104 cm³/mol. The van der Waals surface area contributed by atoms with E-state index >= 15 is 0 Å². The average Bonchev–Trinajstić information content (AvgIpc) is 3.39. The second kappa shape index (κ2) is 8.08. The van der Waals surface area contributed by atoms with Gasteiger partial charge in [-0.15, -0.1) is 0 Å². The van der Waals surface area contributed by atoms with Gasteiger partial charge in [-0.3, -0.25) is 4.79 Å². The Bertz CT molecular complexity index is 881. The van der Waals surface area contributed by atoms with Crippen molar-refractivity contribution >= 4 is 5.91 Å². The monoisotopic (exact) mass is 361 g/mol. The molecule has 0 radical (unpaired) electrons. The van der Waals surface area contributed by atoms with Gasteiger partial charge in [-0.2, -0.15) is 5.10 Å². The van der Waals surface area contributed by atoms with Crippen molar-refractivity contribution in [3.8, 4) is 16.9 Å². The van der Waals surface area contributed by atoms with Crippen molar-refractivity contribution < 1.29 is 9.53 Å². The van der Waals surface area contributed by atoms with Gasteiger partial charge in [0.2, 0.25) is 0 Å². The Hall–Kier alpha value is -3.08. The van der Waals surface area contributed by atoms with E-state index in [1.165, 1.54) is 18.4 Å². The van der Waals surface area contributed by atoms with Gasteiger partial charge in [-0.25, -0.2) is 4.68 Å². The molecule has 0 aliphatic heterocycles. The van der Waals surface area contributed by atoms with E-state index < -0.39 is 0 Å². The fourth-order valence-corrected chi connectivity index (χ4v) is 3.40. The molecule has 0 bridgehead atoms. The lowest BCUT2D eigenvalue weighted by Crippen LogP contribution is -2.32. The summed E-state index contributed by atoms with van der Waals surface area (Å²) < 4.78 is 7.41. The Labute approximate surface area is 159 Å². The molecule has 1 heterocycles. The summed E-state index contributed by atoms with van der Waals surface area (Å²) in [5, 5.41) is 7.36. The highest BCUT2D eigenvalue weighted by molar-refractivity contribution is 5.92. The molecule has 2 aromatic carbocycles. The van der Waals surface area contributed by atoms with Crippen LogP contribution in [0.4, 0.5) is 0 Å². The van der Waals surface area contributed by atoms with E-state index in [9.17, 15) is 4.79 Å². The Morgan fingerprint density at radius 2 is 1.70 bits per heavy atom. The molecular weight excluding hydrogens is 338 g/mol. The number of carbonyl (C=O) groups is 1. The fraction of sp³-hybridized carbons (Fsp3) is 0.273. The molecule has 1 fully saturated rings. The molecular formula is C22H23N3O2. The highest BCUT2D eigenvalue weighted by Crippen LogP contribution is 2.22. The first kappa shape index (κ1) is 17.3. The van der Waals surface area contributed by atoms with Crippen LogP contribution in [-0.2, 0) is 6.73 Å². The number of ether oxygens (including phenoxy) is 1. The second-order valence-electron chi connectivity index (χ2n) is 6.86. The highest BCUT2D eigenvalue weighted by atomic mass is 16.5. The van der Waals surface area contributed by atoms with Crippen molar-refractivity contribution in [1.29, 1.82) is 0 Å². The molecule has 1 aliphatic rings. The lowest BCUT2D eigenvalue weighted by molar-refractivity contribution is 0.0930. The molecule has 3 aromatic rings. The van der Waals surface area contributed by atoms with Crippen LogP contribution in [0.15, 0.2) is 66.9 Å². The molecule has 1 aromatic heterocycles. The number of amides is 1. The van der Waals surface area contributed by atoms with Gasteiger partial charge in [-0.1, -0.05) is 55.3 Å². The third-order valence-electron chi connectivity index (χ3n) is 4.89. The number of aromatic nitrogens is 2. The summed E-state index contributed by atoms with van der Waals surface area (Å²) in [6.07, 6.45) is 6.28. The molecule has 5 heteroatoms. The number of nitrogens with one attached hydrogen (secondary N) is 1. The largest absolute Gasteiger partial charge is 0.471 e. The van der Waals surface area contributed by atoms with Crippen LogP contribution in [0.1, 0.15) is 36.2 Å². The zero-order valence-corrected chi connectivity index (χ0v) is 15.2. The van der Waals surface area contributed by atoms with Crippen molar-refractivity contribution in [3.63, 3.8) is 0 Å². The van der Waals surface area contributed by atoms with Gasteiger partial charge < -0.3 is 10.1 Å². The van der Waals surface area contributed by atoms with E-state index in [1.807, 2.05) is 42.5 Å². The second-order valence-corrected chi connectivity index (χ2v) is 6.86. The van der Waals surface area contributed by atoms with Gasteiger partial charge in [-0.05, 0) is 42.2 Å². The first-order valence-corrected chi connectivity index (χ1v) is 9.40. The molecule has 5 nitrogen and oxygen atoms in total. The van der Waals surface area contributed by atoms with Crippen molar-refractivity contribution in [2.24, 2.45) is 0 Å². The van der Waals surface area contributed by atoms with Crippen LogP contribution in [0.25, 0.3) is 11.1 Å². The lowest BCUT2D eigenvalue weighted by atomic mass is 10.1. The van der Waals surface area contributed by atoms with Crippen molar-refractivity contribution in [3.05, 3.63) is 72.6 Å². The molecule has 0 saturated heterocycles. The quantitative estimate of drug-likeness (QED) is 0.714. The van der Waals surface area contributed by atoms with E-state index in [-0.39, 0.29) is 12.6 Å². The molecule has 0 unspecified atom stereocenters. The standard InChI is InChI=1S/C22H23N3O2/c26-22(23-19-8-4-5-9-19)21-14-15-25(24-21)16-27-20-12-10-18(11-13-20)17-6-2-1-3-7-17/h1-3,6-7,10-15,19H,4-5,8-9,16H2,(H,23,26). The number of carbonyl (C=O) groups excluding carboxylic acids is 1. The number of nitrogens with zero attached hydrogens (tertiary/aromatic N) is 2. The molecule has 1 aliphatic carbocycles. The summed E-state index contributed by atoms with van der Waals surface area (Å²) >= 11 is 0. The molecule has 138 valence electrons. The molecule has 1 saturated carbocycles. The van der Waals surface area contributed by atoms with Crippen LogP contribution in [0.2, 0.25) is 0 Å². The average molecular weight is 361 g/mol. The Morgan fingerprint density at radius 3 is 2.44 bits per heavy atom. The van der Waals surface area contributed by atoms with E-state index in [0.29, 0.717) is 11.7 Å². The first-order chi connectivity index (χ1) is 13.3. The Balaban J connectivity index is 1.32. The first-order valence-electron chi connectivity index (χ1n) is 9.40. The summed E-state index contributed by atoms with van der Waals surface area (Å²) in [7, 11) is 0. The summed E-state index contributed by atoms with van der Waals surface area (Å²) in [4.78, 5) is 12.2. The number of hydrogen-bond donors (Lipinski definition) is 1. The van der Waals surface area contributed by atoms with Gasteiger partial charge in [0.05, 0.1) is 0 Å². The molecule has 27 heavy (non-hydrogen) atoms.